The Morgan fingerprint density at radius 3 is 2.25 bits per heavy atom. The molecule has 0 bridgehead atoms. The molecule has 8 heteroatoms. The summed E-state index contributed by atoms with van der Waals surface area (Å²) >= 11 is 0. The molecule has 0 amide bonds. The second kappa shape index (κ2) is 7.83. The van der Waals surface area contributed by atoms with Crippen molar-refractivity contribution in [1.29, 1.82) is 0 Å². The Bertz CT molecular complexity index is 1060. The summed E-state index contributed by atoms with van der Waals surface area (Å²) in [6.45, 7) is 1.37. The first-order valence-electron chi connectivity index (χ1n) is 8.37. The number of nitrogens with zero attached hydrogens (tertiary/aromatic N) is 2. The van der Waals surface area contributed by atoms with Gasteiger partial charge in [-0.05, 0) is 36.8 Å². The lowest BCUT2D eigenvalue weighted by atomic mass is 10.2. The molecule has 0 saturated heterocycles. The monoisotopic (exact) mass is 382 g/mol. The van der Waals surface area contributed by atoms with Gasteiger partial charge in [-0.1, -0.05) is 30.3 Å². The van der Waals surface area contributed by atoms with E-state index in [0.717, 1.165) is 4.57 Å². The molecule has 0 aliphatic heterocycles. The number of hydrogen-bond acceptors (Lipinski definition) is 5. The maximum Gasteiger partial charge on any atom is 0.423 e. The minimum Gasteiger partial charge on any atom is -0.497 e. The maximum atomic E-state index is 12.9. The fraction of sp³-hybridized carbons (Fsp3) is 0.150. The number of rotatable bonds is 5. The van der Waals surface area contributed by atoms with E-state index in [1.165, 1.54) is 14.0 Å². The largest absolute Gasteiger partial charge is 0.497 e. The molecule has 0 aliphatic rings. The predicted octanol–water partition coefficient (Wildman–Crippen LogP) is 2.84. The molecule has 1 heterocycles. The van der Waals surface area contributed by atoms with Crippen LogP contribution in [0.4, 0.5) is 4.79 Å². The Labute approximate surface area is 160 Å². The van der Waals surface area contributed by atoms with Gasteiger partial charge < -0.3 is 14.6 Å². The summed E-state index contributed by atoms with van der Waals surface area (Å²) in [5.74, 6) is -0.826. The van der Waals surface area contributed by atoms with Crippen LogP contribution < -0.4 is 10.4 Å². The third kappa shape index (κ3) is 3.52. The Morgan fingerprint density at radius 1 is 1.04 bits per heavy atom. The van der Waals surface area contributed by atoms with Gasteiger partial charge in [0.2, 0.25) is 0 Å². The van der Waals surface area contributed by atoms with Crippen molar-refractivity contribution in [3.05, 3.63) is 82.0 Å². The minimum atomic E-state index is -1.40. The fourth-order valence-electron chi connectivity index (χ4n) is 2.85. The van der Waals surface area contributed by atoms with Gasteiger partial charge in [-0.2, -0.15) is 4.57 Å². The predicted molar refractivity (Wildman–Crippen MR) is 100 cm³/mol. The second-order valence-corrected chi connectivity index (χ2v) is 5.93. The summed E-state index contributed by atoms with van der Waals surface area (Å²) in [5.41, 5.74) is -0.0381. The molecule has 144 valence electrons. The first-order valence-corrected chi connectivity index (χ1v) is 8.37. The van der Waals surface area contributed by atoms with Crippen LogP contribution in [0.15, 0.2) is 59.4 Å². The van der Waals surface area contributed by atoms with Crippen LogP contribution in [-0.4, -0.2) is 33.4 Å². The Balaban J connectivity index is 2.01. The molecule has 3 rings (SSSR count). The summed E-state index contributed by atoms with van der Waals surface area (Å²) in [7, 11) is 1.51. The third-order valence-corrected chi connectivity index (χ3v) is 4.21. The number of carbonyl (C=O) groups is 2. The lowest BCUT2D eigenvalue weighted by molar-refractivity contribution is 0.0678. The molecule has 1 N–H and O–H groups in total. The molecule has 2 aromatic carbocycles. The van der Waals surface area contributed by atoms with E-state index in [0.29, 0.717) is 21.6 Å². The summed E-state index contributed by atoms with van der Waals surface area (Å²) < 4.78 is 11.9. The second-order valence-electron chi connectivity index (χ2n) is 5.93. The summed E-state index contributed by atoms with van der Waals surface area (Å²) in [5, 5.41) is 9.55. The SMILES string of the molecule is COc1ccc(-n2c(C)c(C(=O)O)n(C(=O)OCc3ccccc3)c2=O)cc1. The van der Waals surface area contributed by atoms with Crippen LogP contribution in [-0.2, 0) is 11.3 Å². The van der Waals surface area contributed by atoms with Crippen molar-refractivity contribution in [3.8, 4) is 11.4 Å². The molecule has 0 atom stereocenters. The van der Waals surface area contributed by atoms with Gasteiger partial charge in [-0.15, -0.1) is 0 Å². The zero-order valence-electron chi connectivity index (χ0n) is 15.3. The molecule has 0 aliphatic carbocycles. The third-order valence-electron chi connectivity index (χ3n) is 4.21. The van der Waals surface area contributed by atoms with Crippen molar-refractivity contribution in [2.75, 3.05) is 7.11 Å². The van der Waals surface area contributed by atoms with E-state index >= 15 is 0 Å². The van der Waals surface area contributed by atoms with E-state index in [-0.39, 0.29) is 12.3 Å². The zero-order chi connectivity index (χ0) is 20.3. The van der Waals surface area contributed by atoms with Crippen molar-refractivity contribution in [3.63, 3.8) is 0 Å². The van der Waals surface area contributed by atoms with Gasteiger partial charge in [-0.25, -0.2) is 14.4 Å². The van der Waals surface area contributed by atoms with Crippen LogP contribution in [0.2, 0.25) is 0 Å². The number of imidazole rings is 1. The number of carboxylic acid groups (broad SMARTS) is 1. The highest BCUT2D eigenvalue weighted by atomic mass is 16.6. The van der Waals surface area contributed by atoms with E-state index in [4.69, 9.17) is 9.47 Å². The van der Waals surface area contributed by atoms with Crippen LogP contribution in [0.25, 0.3) is 5.69 Å². The summed E-state index contributed by atoms with van der Waals surface area (Å²) in [4.78, 5) is 37.1. The fourth-order valence-corrected chi connectivity index (χ4v) is 2.85. The molecule has 3 aromatic rings. The highest BCUT2D eigenvalue weighted by Crippen LogP contribution is 2.18. The first-order chi connectivity index (χ1) is 13.4. The summed E-state index contributed by atoms with van der Waals surface area (Å²) in [6, 6.07) is 15.3. The number of benzene rings is 2. The first kappa shape index (κ1) is 19.0. The lowest BCUT2D eigenvalue weighted by Gasteiger charge is -2.06. The molecule has 0 radical (unpaired) electrons. The number of carbonyl (C=O) groups excluding carboxylic acids is 1. The lowest BCUT2D eigenvalue weighted by Crippen LogP contribution is -2.31. The average molecular weight is 382 g/mol. The van der Waals surface area contributed by atoms with E-state index in [1.807, 2.05) is 6.07 Å². The molecule has 0 fully saturated rings. The quantitative estimate of drug-likeness (QED) is 0.728. The van der Waals surface area contributed by atoms with Gasteiger partial charge in [0.25, 0.3) is 0 Å². The number of aromatic carboxylic acids is 1. The topological polar surface area (TPSA) is 99.8 Å². The minimum absolute atomic E-state index is 0.0854. The molecule has 1 aromatic heterocycles. The molecule has 28 heavy (non-hydrogen) atoms. The van der Waals surface area contributed by atoms with Crippen molar-refractivity contribution >= 4 is 12.1 Å². The zero-order valence-corrected chi connectivity index (χ0v) is 15.3. The van der Waals surface area contributed by atoms with Gasteiger partial charge in [0.05, 0.1) is 18.5 Å². The van der Waals surface area contributed by atoms with E-state index < -0.39 is 23.4 Å². The molecule has 0 unspecified atom stereocenters. The average Bonchev–Trinajstić information content (AvgIpc) is 2.97. The molecular weight excluding hydrogens is 364 g/mol. The van der Waals surface area contributed by atoms with Crippen LogP contribution in [0.1, 0.15) is 21.7 Å². The van der Waals surface area contributed by atoms with Crippen molar-refractivity contribution in [1.82, 2.24) is 9.13 Å². The highest BCUT2D eigenvalue weighted by Gasteiger charge is 2.28. The van der Waals surface area contributed by atoms with Gasteiger partial charge in [0, 0.05) is 0 Å². The number of carboxylic acids is 1. The standard InChI is InChI=1S/C20H18N2O6/c1-13-17(18(23)24)22(20(26)28-12-14-6-4-3-5-7-14)19(25)21(13)15-8-10-16(27-2)11-9-15/h3-11H,12H2,1-2H3,(H,23,24). The maximum absolute atomic E-state index is 12.9. The number of ether oxygens (including phenoxy) is 2. The smallest absolute Gasteiger partial charge is 0.423 e. The Kier molecular flexibility index (Phi) is 5.30. The number of methoxy groups -OCH3 is 1. The van der Waals surface area contributed by atoms with Crippen LogP contribution in [0.3, 0.4) is 0 Å². The normalized spacial score (nSPS) is 10.5. The molecule has 0 spiro atoms. The number of aromatic nitrogens is 2. The van der Waals surface area contributed by atoms with E-state index in [9.17, 15) is 19.5 Å². The molecular formula is C20H18N2O6. The van der Waals surface area contributed by atoms with E-state index in [2.05, 4.69) is 0 Å². The van der Waals surface area contributed by atoms with Crippen molar-refractivity contribution < 1.29 is 24.2 Å². The Morgan fingerprint density at radius 2 is 1.68 bits per heavy atom. The molecule has 8 nitrogen and oxygen atoms in total. The van der Waals surface area contributed by atoms with Crippen LogP contribution >= 0.6 is 0 Å². The van der Waals surface area contributed by atoms with Gasteiger partial charge in [-0.3, -0.25) is 4.57 Å². The van der Waals surface area contributed by atoms with Gasteiger partial charge in [0.1, 0.15) is 12.4 Å². The summed E-state index contributed by atoms with van der Waals surface area (Å²) in [6.07, 6.45) is -1.05. The Hall–Kier alpha value is -3.81. The number of hydrogen-bond donors (Lipinski definition) is 1. The highest BCUT2D eigenvalue weighted by molar-refractivity contribution is 5.91. The van der Waals surface area contributed by atoms with Crippen LogP contribution in [0.5, 0.6) is 5.75 Å². The van der Waals surface area contributed by atoms with Crippen LogP contribution in [0, 0.1) is 6.92 Å². The van der Waals surface area contributed by atoms with E-state index in [1.54, 1.807) is 48.5 Å². The van der Waals surface area contributed by atoms with Gasteiger partial charge >= 0.3 is 17.8 Å². The van der Waals surface area contributed by atoms with Crippen molar-refractivity contribution in [2.24, 2.45) is 0 Å². The van der Waals surface area contributed by atoms with Gasteiger partial charge in [0.15, 0.2) is 5.69 Å². The van der Waals surface area contributed by atoms with Crippen molar-refractivity contribution in [2.45, 2.75) is 13.5 Å². The molecule has 0 saturated carbocycles.